The molecule has 0 fully saturated rings. The summed E-state index contributed by atoms with van der Waals surface area (Å²) in [5.41, 5.74) is 3.64. The molecule has 0 aliphatic heterocycles. The Morgan fingerprint density at radius 2 is 1.21 bits per heavy atom. The molecule has 5 heteroatoms. The Kier molecular flexibility index (Phi) is 7.01. The van der Waals surface area contributed by atoms with Gasteiger partial charge >= 0.3 is 0 Å². The molecule has 1 atom stereocenters. The predicted octanol–water partition coefficient (Wildman–Crippen LogP) is 7.48. The van der Waals surface area contributed by atoms with Gasteiger partial charge in [0.15, 0.2) is 0 Å². The van der Waals surface area contributed by atoms with Crippen LogP contribution in [0, 0.1) is 5.92 Å². The molecule has 5 nitrogen and oxygen atoms in total. The highest BCUT2D eigenvalue weighted by molar-refractivity contribution is 5.46. The van der Waals surface area contributed by atoms with E-state index < -0.39 is 0 Å². The molecule has 3 rings (SSSR count). The van der Waals surface area contributed by atoms with Crippen LogP contribution in [0.25, 0.3) is 0 Å². The van der Waals surface area contributed by atoms with E-state index in [1.54, 1.807) is 0 Å². The Hall–Kier alpha value is -3.34. The predicted molar refractivity (Wildman–Crippen MR) is 114 cm³/mol. The van der Waals surface area contributed by atoms with Crippen LogP contribution in [0.5, 0.6) is 0 Å². The number of hydrogen-bond donors (Lipinski definition) is 0. The van der Waals surface area contributed by atoms with Crippen molar-refractivity contribution in [2.75, 3.05) is 5.12 Å². The lowest BCUT2D eigenvalue weighted by Gasteiger charge is -2.12. The lowest BCUT2D eigenvalue weighted by Crippen LogP contribution is -2.06. The first-order chi connectivity index (χ1) is 13.7. The molecule has 142 valence electrons. The largest absolute Gasteiger partial charge is 0.131 e. The molecule has 3 aromatic carbocycles. The molecular formula is C23H25N5. The summed E-state index contributed by atoms with van der Waals surface area (Å²) in [5.74, 6) is 0.664. The summed E-state index contributed by atoms with van der Waals surface area (Å²) in [5, 5.41) is 18.6. The van der Waals surface area contributed by atoms with Gasteiger partial charge in [-0.15, -0.1) is 15.3 Å². The van der Waals surface area contributed by atoms with E-state index in [9.17, 15) is 0 Å². The van der Waals surface area contributed by atoms with Gasteiger partial charge in [0.05, 0.1) is 17.1 Å². The first-order valence-corrected chi connectivity index (χ1v) is 9.57. The van der Waals surface area contributed by atoms with Crippen LogP contribution >= 0.6 is 0 Å². The monoisotopic (exact) mass is 371 g/mol. The first-order valence-electron chi connectivity index (χ1n) is 9.57. The van der Waals surface area contributed by atoms with Crippen LogP contribution in [-0.4, -0.2) is 0 Å². The summed E-state index contributed by atoms with van der Waals surface area (Å²) in [6.45, 7) is 4.48. The molecule has 0 saturated carbocycles. The van der Waals surface area contributed by atoms with Crippen LogP contribution in [0.1, 0.15) is 25.8 Å². The van der Waals surface area contributed by atoms with Crippen LogP contribution in [0.2, 0.25) is 0 Å². The van der Waals surface area contributed by atoms with Crippen molar-refractivity contribution in [2.24, 2.45) is 26.6 Å². The molecule has 0 amide bonds. The number of anilines is 1. The quantitative estimate of drug-likeness (QED) is 0.299. The maximum absolute atomic E-state index is 4.28. The molecule has 0 aliphatic carbocycles. The molecule has 0 N–H and O–H groups in total. The van der Waals surface area contributed by atoms with E-state index in [4.69, 9.17) is 0 Å². The number of nitrogens with zero attached hydrogens (tertiary/aromatic N) is 5. The second-order valence-electron chi connectivity index (χ2n) is 6.72. The normalized spacial score (nSPS) is 12.5. The molecule has 28 heavy (non-hydrogen) atoms. The van der Waals surface area contributed by atoms with Crippen LogP contribution in [0.15, 0.2) is 106 Å². The molecule has 3 aromatic rings. The third kappa shape index (κ3) is 5.84. The third-order valence-electron chi connectivity index (χ3n) is 4.45. The zero-order chi connectivity index (χ0) is 19.6. The fourth-order valence-corrected chi connectivity index (χ4v) is 2.61. The van der Waals surface area contributed by atoms with E-state index in [2.05, 4.69) is 46.7 Å². The maximum atomic E-state index is 4.28. The zero-order valence-corrected chi connectivity index (χ0v) is 16.3. The second-order valence-corrected chi connectivity index (χ2v) is 6.72. The zero-order valence-electron chi connectivity index (χ0n) is 16.3. The van der Waals surface area contributed by atoms with Crippen molar-refractivity contribution in [3.8, 4) is 0 Å². The molecule has 0 aliphatic rings. The maximum Gasteiger partial charge on any atom is 0.0892 e. The lowest BCUT2D eigenvalue weighted by atomic mass is 9.99. The van der Waals surface area contributed by atoms with Crippen molar-refractivity contribution in [3.05, 3.63) is 90.5 Å². The van der Waals surface area contributed by atoms with Gasteiger partial charge in [0.25, 0.3) is 0 Å². The Labute approximate surface area is 166 Å². The average Bonchev–Trinajstić information content (AvgIpc) is 2.76. The summed E-state index contributed by atoms with van der Waals surface area (Å²) in [4.78, 5) is 0. The Balaban J connectivity index is 1.82. The van der Waals surface area contributed by atoms with Crippen molar-refractivity contribution in [2.45, 2.75) is 26.7 Å². The first kappa shape index (κ1) is 19.4. The summed E-state index contributed by atoms with van der Waals surface area (Å²) >= 11 is 0. The highest BCUT2D eigenvalue weighted by Gasteiger charge is 2.07. The van der Waals surface area contributed by atoms with Crippen LogP contribution in [0.3, 0.4) is 0 Å². The van der Waals surface area contributed by atoms with Gasteiger partial charge in [-0.25, -0.2) is 0 Å². The van der Waals surface area contributed by atoms with Crippen LogP contribution < -0.4 is 5.12 Å². The topological polar surface area (TPSA) is 52.7 Å². The summed E-state index contributed by atoms with van der Waals surface area (Å²) in [6, 6.07) is 27.4. The minimum Gasteiger partial charge on any atom is -0.131 e. The minimum absolute atomic E-state index is 0.664. The standard InChI is InChI=1S/C23H25N5/c1-3-19(2)18-20-14-16-23(17-15-20)28(26-24-21-10-6-4-7-11-21)27-25-22-12-8-5-9-13-22/h4-17,19H,3,18H2,1-2H3. The number of benzene rings is 3. The summed E-state index contributed by atoms with van der Waals surface area (Å²) in [6.07, 6.45) is 2.23. The fraction of sp³-hybridized carbons (Fsp3) is 0.217. The van der Waals surface area contributed by atoms with Gasteiger partial charge in [0, 0.05) is 0 Å². The van der Waals surface area contributed by atoms with Gasteiger partial charge < -0.3 is 0 Å². The highest BCUT2D eigenvalue weighted by Crippen LogP contribution is 2.22. The molecule has 0 bridgehead atoms. The Morgan fingerprint density at radius 3 is 1.68 bits per heavy atom. The molecule has 0 radical (unpaired) electrons. The lowest BCUT2D eigenvalue weighted by molar-refractivity contribution is 0.560. The highest BCUT2D eigenvalue weighted by atomic mass is 15.7. The average molecular weight is 371 g/mol. The van der Waals surface area contributed by atoms with Crippen LogP contribution in [0.4, 0.5) is 17.1 Å². The van der Waals surface area contributed by atoms with Crippen molar-refractivity contribution in [3.63, 3.8) is 0 Å². The number of hydrogen-bond acceptors (Lipinski definition) is 4. The van der Waals surface area contributed by atoms with Crippen molar-refractivity contribution in [1.82, 2.24) is 0 Å². The Morgan fingerprint density at radius 1 is 0.714 bits per heavy atom. The summed E-state index contributed by atoms with van der Waals surface area (Å²) < 4.78 is 0. The van der Waals surface area contributed by atoms with E-state index in [0.717, 1.165) is 23.5 Å². The molecule has 0 heterocycles. The van der Waals surface area contributed by atoms with E-state index in [1.807, 2.05) is 72.8 Å². The molecule has 0 aromatic heterocycles. The van der Waals surface area contributed by atoms with E-state index >= 15 is 0 Å². The fourth-order valence-electron chi connectivity index (χ4n) is 2.61. The smallest absolute Gasteiger partial charge is 0.0892 e. The van der Waals surface area contributed by atoms with Crippen molar-refractivity contribution in [1.29, 1.82) is 0 Å². The SMILES string of the molecule is CCC(C)Cc1ccc(N(N=Nc2ccccc2)N=Nc2ccccc2)cc1. The van der Waals surface area contributed by atoms with Gasteiger partial charge in [-0.3, -0.25) is 0 Å². The third-order valence-corrected chi connectivity index (χ3v) is 4.45. The van der Waals surface area contributed by atoms with E-state index in [-0.39, 0.29) is 0 Å². The number of rotatable bonds is 8. The second kappa shape index (κ2) is 10.1. The van der Waals surface area contributed by atoms with Crippen molar-refractivity contribution < 1.29 is 0 Å². The van der Waals surface area contributed by atoms with Gasteiger partial charge in [0.2, 0.25) is 0 Å². The van der Waals surface area contributed by atoms with Gasteiger partial charge in [0.1, 0.15) is 0 Å². The molecular weight excluding hydrogens is 346 g/mol. The van der Waals surface area contributed by atoms with Gasteiger partial charge in [-0.05, 0) is 64.7 Å². The molecule has 0 saturated heterocycles. The van der Waals surface area contributed by atoms with E-state index in [0.29, 0.717) is 5.92 Å². The van der Waals surface area contributed by atoms with Gasteiger partial charge in [-0.2, -0.15) is 0 Å². The minimum atomic E-state index is 0.664. The molecule has 0 spiro atoms. The van der Waals surface area contributed by atoms with Gasteiger partial charge in [-0.1, -0.05) is 68.8 Å². The van der Waals surface area contributed by atoms with Crippen LogP contribution in [-0.2, 0) is 6.42 Å². The molecule has 1 unspecified atom stereocenters. The Bertz CT molecular complexity index is 840. The summed E-state index contributed by atoms with van der Waals surface area (Å²) in [7, 11) is 0. The van der Waals surface area contributed by atoms with E-state index in [1.165, 1.54) is 17.1 Å². The van der Waals surface area contributed by atoms with Crippen molar-refractivity contribution >= 4 is 17.1 Å².